The molecule has 0 radical (unpaired) electrons. The van der Waals surface area contributed by atoms with Gasteiger partial charge in [-0.05, 0) is 37.1 Å². The highest BCUT2D eigenvalue weighted by Gasteiger charge is 2.22. The van der Waals surface area contributed by atoms with E-state index in [-0.39, 0.29) is 5.91 Å². The number of aryl methyl sites for hydroxylation is 1. The number of nitrogens with one attached hydrogen (secondary N) is 1. The molecule has 1 aliphatic heterocycles. The van der Waals surface area contributed by atoms with Crippen LogP contribution in [0.3, 0.4) is 0 Å². The third-order valence-corrected chi connectivity index (χ3v) is 3.91. The molecule has 1 amide bonds. The highest BCUT2D eigenvalue weighted by molar-refractivity contribution is 5.95. The van der Waals surface area contributed by atoms with Gasteiger partial charge in [0.1, 0.15) is 0 Å². The second-order valence-electron chi connectivity index (χ2n) is 5.38. The Balaban J connectivity index is 1.70. The van der Waals surface area contributed by atoms with Gasteiger partial charge in [0.05, 0.1) is 6.54 Å². The van der Waals surface area contributed by atoms with Gasteiger partial charge in [0, 0.05) is 29.2 Å². The quantitative estimate of drug-likeness (QED) is 0.850. The predicted molar refractivity (Wildman–Crippen MR) is 86.6 cm³/mol. The molecule has 0 aromatic heterocycles. The highest BCUT2D eigenvalue weighted by Crippen LogP contribution is 2.31. The number of hydrogen-bond donors (Lipinski definition) is 2. The predicted octanol–water partition coefficient (Wildman–Crippen LogP) is 2.58. The minimum Gasteiger partial charge on any atom is -0.398 e. The summed E-state index contributed by atoms with van der Waals surface area (Å²) in [5.74, 6) is -0.000394. The summed E-state index contributed by atoms with van der Waals surface area (Å²) in [5, 5.41) is 2.97. The Labute approximate surface area is 124 Å². The fraction of sp³-hybridized carbons (Fsp3) is 0.235. The van der Waals surface area contributed by atoms with Crippen molar-refractivity contribution in [2.45, 2.75) is 13.3 Å². The van der Waals surface area contributed by atoms with Gasteiger partial charge in [-0.25, -0.2) is 0 Å². The average molecular weight is 281 g/mol. The van der Waals surface area contributed by atoms with E-state index in [0.29, 0.717) is 6.54 Å². The molecule has 1 heterocycles. The van der Waals surface area contributed by atoms with Crippen molar-refractivity contribution < 1.29 is 4.79 Å². The maximum absolute atomic E-state index is 12.2. The summed E-state index contributed by atoms with van der Waals surface area (Å²) in [6, 6.07) is 13.7. The van der Waals surface area contributed by atoms with Crippen molar-refractivity contribution in [3.8, 4) is 0 Å². The topological polar surface area (TPSA) is 58.4 Å². The molecule has 1 aliphatic rings. The lowest BCUT2D eigenvalue weighted by Crippen LogP contribution is -2.32. The molecule has 0 bridgehead atoms. The number of anilines is 3. The van der Waals surface area contributed by atoms with E-state index in [4.69, 9.17) is 5.73 Å². The van der Waals surface area contributed by atoms with Crippen LogP contribution >= 0.6 is 0 Å². The number of nitrogens with two attached hydrogens (primary N) is 1. The number of benzene rings is 2. The first-order valence-corrected chi connectivity index (χ1v) is 7.13. The standard InChI is InChI=1S/C17H19N3O/c1-12-5-2-3-7-15(12)19-17(21)11-20-10-9-13-14(18)6-4-8-16(13)20/h2-8H,9-11,18H2,1H3,(H,19,21). The molecule has 0 atom stereocenters. The van der Waals surface area contributed by atoms with Crippen LogP contribution in [0.4, 0.5) is 17.1 Å². The summed E-state index contributed by atoms with van der Waals surface area (Å²) >= 11 is 0. The molecule has 2 aromatic rings. The number of carbonyl (C=O) groups is 1. The SMILES string of the molecule is Cc1ccccc1NC(=O)CN1CCc2c(N)cccc21. The molecular weight excluding hydrogens is 262 g/mol. The Morgan fingerprint density at radius 3 is 2.86 bits per heavy atom. The van der Waals surface area contributed by atoms with E-state index in [0.717, 1.165) is 41.2 Å². The molecule has 3 N–H and O–H groups in total. The number of fused-ring (bicyclic) bond motifs is 1. The Morgan fingerprint density at radius 2 is 2.05 bits per heavy atom. The van der Waals surface area contributed by atoms with Crippen LogP contribution < -0.4 is 16.0 Å². The lowest BCUT2D eigenvalue weighted by molar-refractivity contribution is -0.115. The van der Waals surface area contributed by atoms with Crippen molar-refractivity contribution in [2.24, 2.45) is 0 Å². The van der Waals surface area contributed by atoms with E-state index >= 15 is 0 Å². The van der Waals surface area contributed by atoms with Crippen molar-refractivity contribution in [3.05, 3.63) is 53.6 Å². The second-order valence-corrected chi connectivity index (χ2v) is 5.38. The summed E-state index contributed by atoms with van der Waals surface area (Å²) in [7, 11) is 0. The molecule has 0 spiro atoms. The highest BCUT2D eigenvalue weighted by atomic mass is 16.2. The summed E-state index contributed by atoms with van der Waals surface area (Å²) in [6.07, 6.45) is 0.902. The molecule has 21 heavy (non-hydrogen) atoms. The molecule has 0 aliphatic carbocycles. The molecule has 2 aromatic carbocycles. The molecule has 3 rings (SSSR count). The van der Waals surface area contributed by atoms with Crippen molar-refractivity contribution in [1.29, 1.82) is 0 Å². The zero-order chi connectivity index (χ0) is 14.8. The summed E-state index contributed by atoms with van der Waals surface area (Å²) in [6.45, 7) is 3.18. The molecule has 0 saturated heterocycles. The fourth-order valence-corrected chi connectivity index (χ4v) is 2.77. The smallest absolute Gasteiger partial charge is 0.243 e. The zero-order valence-corrected chi connectivity index (χ0v) is 12.1. The molecule has 4 nitrogen and oxygen atoms in total. The maximum Gasteiger partial charge on any atom is 0.243 e. The number of hydrogen-bond acceptors (Lipinski definition) is 3. The lowest BCUT2D eigenvalue weighted by Gasteiger charge is -2.19. The molecule has 0 saturated carbocycles. The molecular formula is C17H19N3O. The van der Waals surface area contributed by atoms with Crippen LogP contribution in [0.5, 0.6) is 0 Å². The first kappa shape index (κ1) is 13.5. The minimum absolute atomic E-state index is 0.000394. The van der Waals surface area contributed by atoms with E-state index in [1.165, 1.54) is 0 Å². The van der Waals surface area contributed by atoms with E-state index in [1.54, 1.807) is 0 Å². The van der Waals surface area contributed by atoms with Crippen LogP contribution in [0, 0.1) is 6.92 Å². The van der Waals surface area contributed by atoms with Gasteiger partial charge in [-0.1, -0.05) is 24.3 Å². The van der Waals surface area contributed by atoms with Crippen LogP contribution in [0.1, 0.15) is 11.1 Å². The van der Waals surface area contributed by atoms with Crippen LogP contribution in [0.15, 0.2) is 42.5 Å². The van der Waals surface area contributed by atoms with Gasteiger partial charge in [0.25, 0.3) is 0 Å². The Hall–Kier alpha value is -2.49. The van der Waals surface area contributed by atoms with Gasteiger partial charge in [-0.3, -0.25) is 4.79 Å². The van der Waals surface area contributed by atoms with Gasteiger partial charge < -0.3 is 16.0 Å². The van der Waals surface area contributed by atoms with E-state index < -0.39 is 0 Å². The Kier molecular flexibility index (Phi) is 3.52. The average Bonchev–Trinajstić information content (AvgIpc) is 2.86. The van der Waals surface area contributed by atoms with Crippen LogP contribution in [0.25, 0.3) is 0 Å². The fourth-order valence-electron chi connectivity index (χ4n) is 2.77. The van der Waals surface area contributed by atoms with E-state index in [1.807, 2.05) is 49.4 Å². The number of para-hydroxylation sites is 1. The summed E-state index contributed by atoms with van der Waals surface area (Å²) in [5.41, 5.74) is 11.0. The number of amides is 1. The van der Waals surface area contributed by atoms with Crippen molar-refractivity contribution in [1.82, 2.24) is 0 Å². The lowest BCUT2D eigenvalue weighted by atomic mass is 10.1. The second kappa shape index (κ2) is 5.48. The first-order chi connectivity index (χ1) is 10.1. The normalized spacial score (nSPS) is 13.1. The third-order valence-electron chi connectivity index (χ3n) is 3.91. The number of carbonyl (C=O) groups excluding carboxylic acids is 1. The van der Waals surface area contributed by atoms with Gasteiger partial charge in [-0.2, -0.15) is 0 Å². The number of rotatable bonds is 3. The van der Waals surface area contributed by atoms with Crippen LogP contribution in [-0.2, 0) is 11.2 Å². The van der Waals surface area contributed by atoms with Gasteiger partial charge in [0.2, 0.25) is 5.91 Å². The van der Waals surface area contributed by atoms with Crippen molar-refractivity contribution in [2.75, 3.05) is 29.0 Å². The zero-order valence-electron chi connectivity index (χ0n) is 12.1. The number of nitrogens with zero attached hydrogens (tertiary/aromatic N) is 1. The van der Waals surface area contributed by atoms with E-state index in [9.17, 15) is 4.79 Å². The maximum atomic E-state index is 12.2. The van der Waals surface area contributed by atoms with Gasteiger partial charge in [0.15, 0.2) is 0 Å². The molecule has 4 heteroatoms. The summed E-state index contributed by atoms with van der Waals surface area (Å²) in [4.78, 5) is 14.3. The molecule has 0 fully saturated rings. The Morgan fingerprint density at radius 1 is 1.24 bits per heavy atom. The number of nitrogen functional groups attached to an aromatic ring is 1. The minimum atomic E-state index is -0.000394. The van der Waals surface area contributed by atoms with E-state index in [2.05, 4.69) is 10.2 Å². The first-order valence-electron chi connectivity index (χ1n) is 7.13. The third kappa shape index (κ3) is 2.70. The van der Waals surface area contributed by atoms with Gasteiger partial charge >= 0.3 is 0 Å². The van der Waals surface area contributed by atoms with Crippen molar-refractivity contribution >= 4 is 23.0 Å². The molecule has 108 valence electrons. The van der Waals surface area contributed by atoms with Crippen LogP contribution in [0.2, 0.25) is 0 Å². The monoisotopic (exact) mass is 281 g/mol. The van der Waals surface area contributed by atoms with Crippen molar-refractivity contribution in [3.63, 3.8) is 0 Å². The van der Waals surface area contributed by atoms with Gasteiger partial charge in [-0.15, -0.1) is 0 Å². The van der Waals surface area contributed by atoms with Crippen LogP contribution in [-0.4, -0.2) is 19.0 Å². The Bertz CT molecular complexity index is 681. The molecule has 0 unspecified atom stereocenters. The summed E-state index contributed by atoms with van der Waals surface area (Å²) < 4.78 is 0. The largest absolute Gasteiger partial charge is 0.398 e.